The molecule has 1 aromatic heterocycles. The van der Waals surface area contributed by atoms with Crippen molar-refractivity contribution in [2.75, 3.05) is 12.3 Å². The van der Waals surface area contributed by atoms with Crippen LogP contribution in [-0.2, 0) is 4.79 Å². The van der Waals surface area contributed by atoms with Crippen LogP contribution in [0, 0.1) is 6.92 Å². The minimum atomic E-state index is -0.843. The average molecular weight is 297 g/mol. The van der Waals surface area contributed by atoms with E-state index in [2.05, 4.69) is 15.3 Å². The Hall–Kier alpha value is -1.14. The Balaban J connectivity index is 2.39. The lowest BCUT2D eigenvalue weighted by Crippen LogP contribution is -2.49. The normalized spacial score (nSPS) is 13.9. The number of carboxylic acid groups (broad SMARTS) is 1. The summed E-state index contributed by atoms with van der Waals surface area (Å²) in [6.45, 7) is 6.43. The van der Waals surface area contributed by atoms with Crippen molar-refractivity contribution < 1.29 is 9.90 Å². The Bertz CT molecular complexity index is 442. The van der Waals surface area contributed by atoms with Gasteiger partial charge in [0.1, 0.15) is 5.54 Å². The first-order valence-corrected chi connectivity index (χ1v) is 7.87. The number of nitrogens with zero attached hydrogens (tertiary/aromatic N) is 2. The van der Waals surface area contributed by atoms with Crippen molar-refractivity contribution >= 4 is 17.7 Å². The molecule has 0 aliphatic heterocycles. The van der Waals surface area contributed by atoms with Gasteiger partial charge in [-0.1, -0.05) is 18.7 Å². The van der Waals surface area contributed by atoms with Gasteiger partial charge in [-0.25, -0.2) is 9.97 Å². The molecule has 1 aromatic rings. The molecule has 1 unspecified atom stereocenters. The summed E-state index contributed by atoms with van der Waals surface area (Å²) in [6, 6.07) is 1.86. The molecule has 0 aliphatic rings. The lowest BCUT2D eigenvalue weighted by atomic mass is 9.96. The summed E-state index contributed by atoms with van der Waals surface area (Å²) in [5.74, 6) is 0.0305. The molecule has 2 N–H and O–H groups in total. The summed E-state index contributed by atoms with van der Waals surface area (Å²) in [5.41, 5.74) is 0.104. The Morgan fingerprint density at radius 2 is 2.30 bits per heavy atom. The first kappa shape index (κ1) is 16.9. The van der Waals surface area contributed by atoms with Crippen LogP contribution in [0.4, 0.5) is 0 Å². The zero-order valence-electron chi connectivity index (χ0n) is 12.3. The molecule has 1 rings (SSSR count). The molecule has 1 heterocycles. The van der Waals surface area contributed by atoms with Gasteiger partial charge in [-0.05, 0) is 45.7 Å². The average Bonchev–Trinajstić information content (AvgIpc) is 2.41. The molecule has 0 saturated heterocycles. The molecule has 1 atom stereocenters. The van der Waals surface area contributed by atoms with Crippen molar-refractivity contribution in [3.8, 4) is 0 Å². The smallest absolute Gasteiger partial charge is 0.323 e. The van der Waals surface area contributed by atoms with Crippen LogP contribution in [0.1, 0.15) is 38.8 Å². The lowest BCUT2D eigenvalue weighted by Gasteiger charge is -2.26. The molecule has 0 fully saturated rings. The second kappa shape index (κ2) is 8.21. The third-order valence-corrected chi connectivity index (χ3v) is 4.01. The third-order valence-electron chi connectivity index (χ3n) is 3.06. The summed E-state index contributed by atoms with van der Waals surface area (Å²) >= 11 is 1.57. The van der Waals surface area contributed by atoms with Crippen molar-refractivity contribution in [2.24, 2.45) is 0 Å². The number of aromatic nitrogens is 2. The Labute approximate surface area is 124 Å². The van der Waals surface area contributed by atoms with Crippen LogP contribution in [0.25, 0.3) is 0 Å². The van der Waals surface area contributed by atoms with E-state index >= 15 is 0 Å². The maximum absolute atomic E-state index is 11.3. The fraction of sp³-hybridized carbons (Fsp3) is 0.643. The van der Waals surface area contributed by atoms with E-state index < -0.39 is 11.5 Å². The minimum absolute atomic E-state index is 0.598. The van der Waals surface area contributed by atoms with Gasteiger partial charge in [0, 0.05) is 17.6 Å². The van der Waals surface area contributed by atoms with Crippen LogP contribution in [-0.4, -0.2) is 38.9 Å². The summed E-state index contributed by atoms with van der Waals surface area (Å²) in [4.78, 5) is 19.8. The van der Waals surface area contributed by atoms with E-state index in [1.165, 1.54) is 0 Å². The van der Waals surface area contributed by atoms with Gasteiger partial charge in [0.15, 0.2) is 5.16 Å². The van der Waals surface area contributed by atoms with Gasteiger partial charge in [-0.15, -0.1) is 0 Å². The third kappa shape index (κ3) is 5.46. The van der Waals surface area contributed by atoms with Crippen molar-refractivity contribution in [3.05, 3.63) is 18.0 Å². The SMILES string of the molecule is CCCNC(C)(CCCSc1nccc(C)n1)C(=O)O. The summed E-state index contributed by atoms with van der Waals surface area (Å²) in [7, 11) is 0. The van der Waals surface area contributed by atoms with Gasteiger partial charge in [0.2, 0.25) is 0 Å². The number of carbonyl (C=O) groups is 1. The van der Waals surface area contributed by atoms with Gasteiger partial charge < -0.3 is 10.4 Å². The molecule has 0 aliphatic carbocycles. The number of nitrogens with one attached hydrogen (secondary N) is 1. The fourth-order valence-corrected chi connectivity index (χ4v) is 2.57. The largest absolute Gasteiger partial charge is 0.480 e. The number of rotatable bonds is 9. The van der Waals surface area contributed by atoms with E-state index in [4.69, 9.17) is 0 Å². The Morgan fingerprint density at radius 1 is 1.55 bits per heavy atom. The second-order valence-electron chi connectivity index (χ2n) is 5.00. The van der Waals surface area contributed by atoms with Crippen LogP contribution in [0.15, 0.2) is 17.4 Å². The minimum Gasteiger partial charge on any atom is -0.480 e. The van der Waals surface area contributed by atoms with Crippen molar-refractivity contribution in [1.29, 1.82) is 0 Å². The molecule has 6 heteroatoms. The lowest BCUT2D eigenvalue weighted by molar-refractivity contribution is -0.144. The van der Waals surface area contributed by atoms with Crippen molar-refractivity contribution in [2.45, 2.75) is 50.7 Å². The summed E-state index contributed by atoms with van der Waals surface area (Å²) < 4.78 is 0. The van der Waals surface area contributed by atoms with E-state index in [0.29, 0.717) is 6.42 Å². The van der Waals surface area contributed by atoms with Crippen LogP contribution >= 0.6 is 11.8 Å². The predicted octanol–water partition coefficient (Wildman–Crippen LogP) is 2.50. The molecule has 0 spiro atoms. The Morgan fingerprint density at radius 3 is 2.90 bits per heavy atom. The molecule has 0 saturated carbocycles. The molecule has 0 radical (unpaired) electrons. The number of aryl methyl sites for hydroxylation is 1. The van der Waals surface area contributed by atoms with Gasteiger partial charge in [-0.2, -0.15) is 0 Å². The second-order valence-corrected chi connectivity index (χ2v) is 6.06. The Kier molecular flexibility index (Phi) is 6.95. The van der Waals surface area contributed by atoms with E-state index in [9.17, 15) is 9.90 Å². The molecule has 0 amide bonds. The van der Waals surface area contributed by atoms with Crippen LogP contribution in [0.3, 0.4) is 0 Å². The van der Waals surface area contributed by atoms with Gasteiger partial charge in [0.25, 0.3) is 0 Å². The van der Waals surface area contributed by atoms with E-state index in [0.717, 1.165) is 36.0 Å². The quantitative estimate of drug-likeness (QED) is 0.414. The fourth-order valence-electron chi connectivity index (χ4n) is 1.76. The highest BCUT2D eigenvalue weighted by Crippen LogP contribution is 2.19. The topological polar surface area (TPSA) is 75.1 Å². The monoisotopic (exact) mass is 297 g/mol. The summed E-state index contributed by atoms with van der Waals surface area (Å²) in [6.07, 6.45) is 4.08. The zero-order chi connectivity index (χ0) is 15.0. The number of hydrogen-bond acceptors (Lipinski definition) is 5. The maximum Gasteiger partial charge on any atom is 0.323 e. The number of hydrogen-bond donors (Lipinski definition) is 2. The molecule has 5 nitrogen and oxygen atoms in total. The van der Waals surface area contributed by atoms with E-state index in [1.807, 2.05) is 19.9 Å². The summed E-state index contributed by atoms with van der Waals surface area (Å²) in [5, 5.41) is 13.2. The standard InChI is InChI=1S/C14H23N3O2S/c1-4-8-16-14(3,12(18)19)7-5-10-20-13-15-9-6-11(2)17-13/h6,9,16H,4-5,7-8,10H2,1-3H3,(H,18,19). The first-order valence-electron chi connectivity index (χ1n) is 6.89. The van der Waals surface area contributed by atoms with Crippen molar-refractivity contribution in [1.82, 2.24) is 15.3 Å². The van der Waals surface area contributed by atoms with E-state index in [-0.39, 0.29) is 0 Å². The highest BCUT2D eigenvalue weighted by atomic mass is 32.2. The van der Waals surface area contributed by atoms with Gasteiger partial charge in [0.05, 0.1) is 0 Å². The molecule has 112 valence electrons. The molecule has 20 heavy (non-hydrogen) atoms. The number of carboxylic acids is 1. The zero-order valence-corrected chi connectivity index (χ0v) is 13.2. The molecular weight excluding hydrogens is 274 g/mol. The van der Waals surface area contributed by atoms with Crippen LogP contribution in [0.5, 0.6) is 0 Å². The number of thioether (sulfide) groups is 1. The van der Waals surface area contributed by atoms with E-state index in [1.54, 1.807) is 24.9 Å². The highest BCUT2D eigenvalue weighted by Gasteiger charge is 2.31. The first-order chi connectivity index (χ1) is 9.48. The predicted molar refractivity (Wildman–Crippen MR) is 81.1 cm³/mol. The van der Waals surface area contributed by atoms with Gasteiger partial charge >= 0.3 is 5.97 Å². The van der Waals surface area contributed by atoms with Crippen molar-refractivity contribution in [3.63, 3.8) is 0 Å². The number of aliphatic carboxylic acids is 1. The molecule has 0 aromatic carbocycles. The van der Waals surface area contributed by atoms with Crippen LogP contribution < -0.4 is 5.32 Å². The molecular formula is C14H23N3O2S. The molecule has 0 bridgehead atoms. The maximum atomic E-state index is 11.3. The van der Waals surface area contributed by atoms with Gasteiger partial charge in [-0.3, -0.25) is 4.79 Å². The highest BCUT2D eigenvalue weighted by molar-refractivity contribution is 7.99. The van der Waals surface area contributed by atoms with Crippen LogP contribution in [0.2, 0.25) is 0 Å².